The average Bonchev–Trinajstić information content (AvgIpc) is 2.75. The van der Waals surface area contributed by atoms with E-state index < -0.39 is 34.7 Å². The molecule has 0 aliphatic carbocycles. The van der Waals surface area contributed by atoms with E-state index in [0.29, 0.717) is 11.6 Å². The molecule has 3 nitrogen and oxygen atoms in total. The van der Waals surface area contributed by atoms with E-state index in [1.165, 1.54) is 24.3 Å². The predicted molar refractivity (Wildman–Crippen MR) is 101 cm³/mol. The van der Waals surface area contributed by atoms with Gasteiger partial charge in [-0.2, -0.15) is 36.0 Å². The van der Waals surface area contributed by atoms with Crippen LogP contribution < -0.4 is 5.56 Å². The lowest BCUT2D eigenvalue weighted by atomic mass is 9.95. The van der Waals surface area contributed by atoms with Gasteiger partial charge in [0.15, 0.2) is 0 Å². The van der Waals surface area contributed by atoms with Crippen molar-refractivity contribution in [3.8, 4) is 17.3 Å². The number of nitrogens with zero attached hydrogens (tertiary/aromatic N) is 2. The first-order valence-corrected chi connectivity index (χ1v) is 9.02. The molecule has 0 N–H and O–H groups in total. The Hall–Kier alpha value is -3.61. The second-order valence-electron chi connectivity index (χ2n) is 6.82. The Labute approximate surface area is 177 Å². The van der Waals surface area contributed by atoms with E-state index in [0.717, 1.165) is 10.6 Å². The maximum Gasteiger partial charge on any atom is 0.460 e. The van der Waals surface area contributed by atoms with Gasteiger partial charge in [0.25, 0.3) is 5.56 Å². The van der Waals surface area contributed by atoms with E-state index in [4.69, 9.17) is 0 Å². The molecule has 166 valence electrons. The number of aromatic nitrogens is 1. The van der Waals surface area contributed by atoms with Crippen molar-refractivity contribution >= 4 is 0 Å². The van der Waals surface area contributed by atoms with Crippen LogP contribution in [0.3, 0.4) is 0 Å². The van der Waals surface area contributed by atoms with Crippen LogP contribution >= 0.6 is 0 Å². The zero-order valence-corrected chi connectivity index (χ0v) is 16.0. The van der Waals surface area contributed by atoms with Gasteiger partial charge in [0.1, 0.15) is 11.6 Å². The Balaban J connectivity index is 2.36. The van der Waals surface area contributed by atoms with Gasteiger partial charge >= 0.3 is 18.0 Å². The van der Waals surface area contributed by atoms with Crippen molar-refractivity contribution < 1.29 is 30.7 Å². The first-order chi connectivity index (χ1) is 14.9. The number of pyridine rings is 1. The summed E-state index contributed by atoms with van der Waals surface area (Å²) in [5, 5.41) is 9.26. The SMILES string of the molecule is N#Cc1c(C(F)(F)C(F)(F)C(F)(F)F)cc(-c2ccccc2)n(Cc2ccccc2)c1=O. The molecule has 1 aromatic heterocycles. The van der Waals surface area contributed by atoms with Crippen molar-refractivity contribution in [3.05, 3.63) is 93.8 Å². The van der Waals surface area contributed by atoms with Crippen molar-refractivity contribution in [2.45, 2.75) is 24.6 Å². The van der Waals surface area contributed by atoms with E-state index in [1.54, 1.807) is 36.4 Å². The molecule has 3 rings (SSSR count). The number of nitriles is 1. The minimum Gasteiger partial charge on any atom is -0.303 e. The van der Waals surface area contributed by atoms with Crippen LogP contribution in [0.1, 0.15) is 16.7 Å². The standard InChI is InChI=1S/C22H13F7N2O/c23-20(24,21(25,26)22(27,28)29)17-11-18(15-9-5-2-6-10-15)31(19(32)16(17)12-30)13-14-7-3-1-4-8-14/h1-11H,13H2. The normalized spacial score (nSPS) is 12.4. The van der Waals surface area contributed by atoms with Crippen molar-refractivity contribution in [1.29, 1.82) is 5.26 Å². The van der Waals surface area contributed by atoms with Gasteiger partial charge in [-0.25, -0.2) is 0 Å². The molecule has 0 fully saturated rings. The van der Waals surface area contributed by atoms with Crippen LogP contribution in [0.5, 0.6) is 0 Å². The number of benzene rings is 2. The molecule has 0 aliphatic heterocycles. The van der Waals surface area contributed by atoms with Crippen LogP contribution in [-0.4, -0.2) is 16.7 Å². The van der Waals surface area contributed by atoms with E-state index in [1.807, 2.05) is 0 Å². The summed E-state index contributed by atoms with van der Waals surface area (Å²) in [6, 6.07) is 16.8. The largest absolute Gasteiger partial charge is 0.460 e. The number of hydrogen-bond donors (Lipinski definition) is 0. The Morgan fingerprint density at radius 1 is 0.844 bits per heavy atom. The van der Waals surface area contributed by atoms with Crippen LogP contribution in [0, 0.1) is 11.3 Å². The van der Waals surface area contributed by atoms with Crippen LogP contribution in [0.2, 0.25) is 0 Å². The molecule has 0 saturated heterocycles. The molecule has 1 heterocycles. The third-order valence-corrected chi connectivity index (χ3v) is 4.75. The lowest BCUT2D eigenvalue weighted by Crippen LogP contribution is -2.51. The van der Waals surface area contributed by atoms with Crippen molar-refractivity contribution in [3.63, 3.8) is 0 Å². The molecule has 0 amide bonds. The topological polar surface area (TPSA) is 45.8 Å². The van der Waals surface area contributed by atoms with E-state index in [-0.39, 0.29) is 17.8 Å². The Morgan fingerprint density at radius 2 is 1.38 bits per heavy atom. The van der Waals surface area contributed by atoms with Gasteiger partial charge in [0, 0.05) is 0 Å². The smallest absolute Gasteiger partial charge is 0.303 e. The van der Waals surface area contributed by atoms with Gasteiger partial charge in [-0.15, -0.1) is 0 Å². The first-order valence-electron chi connectivity index (χ1n) is 9.02. The molecule has 0 unspecified atom stereocenters. The highest BCUT2D eigenvalue weighted by atomic mass is 19.4. The van der Waals surface area contributed by atoms with Crippen molar-refractivity contribution in [2.75, 3.05) is 0 Å². The molecule has 0 atom stereocenters. The van der Waals surface area contributed by atoms with E-state index in [9.17, 15) is 40.8 Å². The summed E-state index contributed by atoms with van der Waals surface area (Å²) in [6.07, 6.45) is -6.62. The lowest BCUT2D eigenvalue weighted by Gasteiger charge is -2.29. The van der Waals surface area contributed by atoms with Crippen LogP contribution in [0.25, 0.3) is 11.3 Å². The zero-order chi connectivity index (χ0) is 23.7. The number of rotatable bonds is 5. The highest BCUT2D eigenvalue weighted by Crippen LogP contribution is 2.52. The highest BCUT2D eigenvalue weighted by molar-refractivity contribution is 5.63. The maximum atomic E-state index is 14.5. The molecule has 0 spiro atoms. The monoisotopic (exact) mass is 454 g/mol. The Bertz CT molecular complexity index is 1210. The van der Waals surface area contributed by atoms with Crippen LogP contribution in [-0.2, 0) is 12.5 Å². The number of hydrogen-bond acceptors (Lipinski definition) is 2. The summed E-state index contributed by atoms with van der Waals surface area (Å²) in [5.74, 6) is -12.4. The molecule has 32 heavy (non-hydrogen) atoms. The summed E-state index contributed by atoms with van der Waals surface area (Å²) >= 11 is 0. The molecule has 3 aromatic rings. The Kier molecular flexibility index (Phi) is 5.87. The molecule has 0 bridgehead atoms. The second-order valence-corrected chi connectivity index (χ2v) is 6.82. The van der Waals surface area contributed by atoms with Crippen LogP contribution in [0.15, 0.2) is 71.5 Å². The van der Waals surface area contributed by atoms with Gasteiger partial charge in [0.05, 0.1) is 17.8 Å². The molecule has 10 heteroatoms. The molecule has 2 aromatic carbocycles. The maximum absolute atomic E-state index is 14.5. The number of halogens is 7. The number of alkyl halides is 7. The summed E-state index contributed by atoms with van der Waals surface area (Å²) in [5.41, 5.74) is -4.62. The summed E-state index contributed by atoms with van der Waals surface area (Å²) < 4.78 is 95.7. The van der Waals surface area contributed by atoms with Crippen molar-refractivity contribution in [1.82, 2.24) is 4.57 Å². The highest BCUT2D eigenvalue weighted by Gasteiger charge is 2.74. The second kappa shape index (κ2) is 8.15. The first kappa shape index (κ1) is 23.1. The van der Waals surface area contributed by atoms with Gasteiger partial charge < -0.3 is 4.57 Å². The van der Waals surface area contributed by atoms with Gasteiger partial charge in [0.2, 0.25) is 0 Å². The molecule has 0 saturated carbocycles. The van der Waals surface area contributed by atoms with E-state index >= 15 is 0 Å². The fraction of sp³-hybridized carbons (Fsp3) is 0.182. The summed E-state index contributed by atoms with van der Waals surface area (Å²) in [7, 11) is 0. The fourth-order valence-corrected chi connectivity index (χ4v) is 3.12. The minimum absolute atomic E-state index is 0.109. The van der Waals surface area contributed by atoms with E-state index in [2.05, 4.69) is 0 Å². The zero-order valence-electron chi connectivity index (χ0n) is 16.0. The lowest BCUT2D eigenvalue weighted by molar-refractivity contribution is -0.359. The molecule has 0 aliphatic rings. The minimum atomic E-state index is -6.62. The van der Waals surface area contributed by atoms with Gasteiger partial charge in [-0.05, 0) is 17.2 Å². The molecular weight excluding hydrogens is 441 g/mol. The fourth-order valence-electron chi connectivity index (χ4n) is 3.12. The summed E-state index contributed by atoms with van der Waals surface area (Å²) in [6.45, 7) is -0.236. The molecule has 0 radical (unpaired) electrons. The van der Waals surface area contributed by atoms with Crippen molar-refractivity contribution in [2.24, 2.45) is 0 Å². The Morgan fingerprint density at radius 3 is 1.88 bits per heavy atom. The average molecular weight is 454 g/mol. The quantitative estimate of drug-likeness (QED) is 0.463. The van der Waals surface area contributed by atoms with Crippen LogP contribution in [0.4, 0.5) is 30.7 Å². The van der Waals surface area contributed by atoms with Gasteiger partial charge in [-0.3, -0.25) is 4.79 Å². The molecular formula is C22H13F7N2O. The predicted octanol–water partition coefficient (Wildman–Crippen LogP) is 5.72. The summed E-state index contributed by atoms with van der Waals surface area (Å²) in [4.78, 5) is 12.9. The third kappa shape index (κ3) is 3.86. The van der Waals surface area contributed by atoms with Gasteiger partial charge in [-0.1, -0.05) is 60.7 Å². The third-order valence-electron chi connectivity index (χ3n) is 4.75.